The van der Waals surface area contributed by atoms with E-state index >= 15 is 0 Å². The van der Waals surface area contributed by atoms with Crippen LogP contribution in [0.2, 0.25) is 0 Å². The topological polar surface area (TPSA) is 92.7 Å². The molecule has 0 amide bonds. The SMILES string of the molecule is COC(=O)c1ccnc(-c2ccc(OCC3COCCO3)nc2)n1. The molecule has 8 heteroatoms. The van der Waals surface area contributed by atoms with Crippen LogP contribution in [0.1, 0.15) is 10.5 Å². The van der Waals surface area contributed by atoms with Gasteiger partial charge in [0.2, 0.25) is 5.88 Å². The standard InChI is InChI=1S/C16H17N3O5/c1-21-16(20)13-4-5-17-15(19-13)11-2-3-14(18-8-11)24-10-12-9-22-6-7-23-12/h2-5,8,12H,6-7,9-10H2,1H3. The Kier molecular flexibility index (Phi) is 5.29. The van der Waals surface area contributed by atoms with Crippen molar-refractivity contribution in [1.82, 2.24) is 15.0 Å². The van der Waals surface area contributed by atoms with E-state index in [0.29, 0.717) is 43.7 Å². The van der Waals surface area contributed by atoms with Crippen LogP contribution in [0.15, 0.2) is 30.6 Å². The zero-order chi connectivity index (χ0) is 16.8. The average molecular weight is 331 g/mol. The second-order valence-electron chi connectivity index (χ2n) is 5.02. The van der Waals surface area contributed by atoms with E-state index in [2.05, 4.69) is 19.7 Å². The molecule has 3 rings (SSSR count). The summed E-state index contributed by atoms with van der Waals surface area (Å²) < 4.78 is 21.0. The third-order valence-corrected chi connectivity index (χ3v) is 3.35. The lowest BCUT2D eigenvalue weighted by atomic mass is 10.2. The van der Waals surface area contributed by atoms with Crippen molar-refractivity contribution in [3.05, 3.63) is 36.3 Å². The first-order valence-corrected chi connectivity index (χ1v) is 7.46. The second-order valence-corrected chi connectivity index (χ2v) is 5.02. The molecule has 2 aromatic heterocycles. The molecule has 0 spiro atoms. The van der Waals surface area contributed by atoms with Crippen LogP contribution in [-0.4, -0.2) is 60.6 Å². The number of esters is 1. The average Bonchev–Trinajstić information content (AvgIpc) is 2.67. The first-order valence-electron chi connectivity index (χ1n) is 7.46. The van der Waals surface area contributed by atoms with E-state index in [9.17, 15) is 4.79 Å². The van der Waals surface area contributed by atoms with Crippen LogP contribution < -0.4 is 4.74 Å². The number of carbonyl (C=O) groups excluding carboxylic acids is 1. The lowest BCUT2D eigenvalue weighted by Crippen LogP contribution is -2.33. The summed E-state index contributed by atoms with van der Waals surface area (Å²) in [5, 5.41) is 0. The Bertz CT molecular complexity index is 686. The molecule has 126 valence electrons. The van der Waals surface area contributed by atoms with Gasteiger partial charge in [-0.1, -0.05) is 0 Å². The molecule has 1 fully saturated rings. The number of ether oxygens (including phenoxy) is 4. The Hall–Kier alpha value is -2.58. The van der Waals surface area contributed by atoms with E-state index in [4.69, 9.17) is 14.2 Å². The number of nitrogens with zero attached hydrogens (tertiary/aromatic N) is 3. The van der Waals surface area contributed by atoms with Gasteiger partial charge in [0.05, 0.1) is 26.9 Å². The van der Waals surface area contributed by atoms with Gasteiger partial charge < -0.3 is 18.9 Å². The molecule has 0 aromatic carbocycles. The summed E-state index contributed by atoms with van der Waals surface area (Å²) in [4.78, 5) is 24.0. The number of pyridine rings is 1. The molecule has 1 unspecified atom stereocenters. The third kappa shape index (κ3) is 4.03. The van der Waals surface area contributed by atoms with Gasteiger partial charge in [0.1, 0.15) is 12.7 Å². The Morgan fingerprint density at radius 3 is 2.92 bits per heavy atom. The first-order chi connectivity index (χ1) is 11.8. The van der Waals surface area contributed by atoms with Crippen LogP contribution >= 0.6 is 0 Å². The van der Waals surface area contributed by atoms with Crippen molar-refractivity contribution in [2.75, 3.05) is 33.5 Å². The Morgan fingerprint density at radius 1 is 1.29 bits per heavy atom. The largest absolute Gasteiger partial charge is 0.475 e. The number of carbonyl (C=O) groups is 1. The molecule has 1 aliphatic heterocycles. The van der Waals surface area contributed by atoms with Crippen LogP contribution in [0.4, 0.5) is 0 Å². The van der Waals surface area contributed by atoms with Gasteiger partial charge in [-0.25, -0.2) is 19.7 Å². The normalized spacial score (nSPS) is 17.3. The minimum atomic E-state index is -0.513. The predicted octanol–water partition coefficient (Wildman–Crippen LogP) is 1.12. The minimum absolute atomic E-state index is 0.0831. The maximum absolute atomic E-state index is 11.5. The van der Waals surface area contributed by atoms with Crippen molar-refractivity contribution in [3.8, 4) is 17.3 Å². The number of hydrogen-bond acceptors (Lipinski definition) is 8. The monoisotopic (exact) mass is 331 g/mol. The maximum Gasteiger partial charge on any atom is 0.356 e. The fourth-order valence-electron chi connectivity index (χ4n) is 2.13. The molecule has 0 bridgehead atoms. The number of aromatic nitrogens is 3. The lowest BCUT2D eigenvalue weighted by molar-refractivity contribution is -0.102. The van der Waals surface area contributed by atoms with Crippen LogP contribution in [-0.2, 0) is 14.2 Å². The highest BCUT2D eigenvalue weighted by Crippen LogP contribution is 2.17. The van der Waals surface area contributed by atoms with Gasteiger partial charge in [0, 0.05) is 24.0 Å². The fourth-order valence-corrected chi connectivity index (χ4v) is 2.13. The van der Waals surface area contributed by atoms with E-state index in [0.717, 1.165) is 0 Å². The Morgan fingerprint density at radius 2 is 2.21 bits per heavy atom. The van der Waals surface area contributed by atoms with E-state index in [1.165, 1.54) is 19.4 Å². The van der Waals surface area contributed by atoms with Crippen molar-refractivity contribution >= 4 is 5.97 Å². The summed E-state index contributed by atoms with van der Waals surface area (Å²) in [7, 11) is 1.30. The van der Waals surface area contributed by atoms with Gasteiger partial charge in [-0.2, -0.15) is 0 Å². The molecule has 0 aliphatic carbocycles. The lowest BCUT2D eigenvalue weighted by Gasteiger charge is -2.22. The van der Waals surface area contributed by atoms with Crippen LogP contribution in [0.5, 0.6) is 5.88 Å². The van der Waals surface area contributed by atoms with Gasteiger partial charge in [-0.05, 0) is 12.1 Å². The highest BCUT2D eigenvalue weighted by atomic mass is 16.6. The zero-order valence-electron chi connectivity index (χ0n) is 13.2. The smallest absolute Gasteiger partial charge is 0.356 e. The Balaban J connectivity index is 1.64. The molecule has 3 heterocycles. The summed E-state index contributed by atoms with van der Waals surface area (Å²) in [6.45, 7) is 2.09. The summed E-state index contributed by atoms with van der Waals surface area (Å²) in [6, 6.07) is 4.98. The quantitative estimate of drug-likeness (QED) is 0.753. The molecule has 0 saturated carbocycles. The second kappa shape index (κ2) is 7.80. The molecule has 2 aromatic rings. The Labute approximate surface area is 138 Å². The molecule has 8 nitrogen and oxygen atoms in total. The molecule has 1 saturated heterocycles. The van der Waals surface area contributed by atoms with Crippen molar-refractivity contribution in [1.29, 1.82) is 0 Å². The fraction of sp³-hybridized carbons (Fsp3) is 0.375. The first kappa shape index (κ1) is 16.3. The van der Waals surface area contributed by atoms with Gasteiger partial charge in [-0.15, -0.1) is 0 Å². The molecule has 1 atom stereocenters. The molecular weight excluding hydrogens is 314 g/mol. The number of rotatable bonds is 5. The number of hydrogen-bond donors (Lipinski definition) is 0. The molecule has 0 radical (unpaired) electrons. The highest BCUT2D eigenvalue weighted by Gasteiger charge is 2.15. The summed E-state index contributed by atoms with van der Waals surface area (Å²) in [5.41, 5.74) is 0.864. The molecule has 0 N–H and O–H groups in total. The van der Waals surface area contributed by atoms with Gasteiger partial charge in [-0.3, -0.25) is 0 Å². The molecule has 1 aliphatic rings. The van der Waals surface area contributed by atoms with Gasteiger partial charge in [0.25, 0.3) is 0 Å². The number of methoxy groups -OCH3 is 1. The highest BCUT2D eigenvalue weighted by molar-refractivity contribution is 5.87. The minimum Gasteiger partial charge on any atom is -0.475 e. The van der Waals surface area contributed by atoms with Gasteiger partial charge >= 0.3 is 5.97 Å². The molecule has 24 heavy (non-hydrogen) atoms. The van der Waals surface area contributed by atoms with Crippen LogP contribution in [0, 0.1) is 0 Å². The zero-order valence-corrected chi connectivity index (χ0v) is 13.2. The predicted molar refractivity (Wildman–Crippen MR) is 82.7 cm³/mol. The van der Waals surface area contributed by atoms with Gasteiger partial charge in [0.15, 0.2) is 11.5 Å². The van der Waals surface area contributed by atoms with Crippen molar-refractivity contribution in [3.63, 3.8) is 0 Å². The maximum atomic E-state index is 11.5. The summed E-state index contributed by atoms with van der Waals surface area (Å²) in [5.74, 6) is 0.347. The van der Waals surface area contributed by atoms with E-state index in [-0.39, 0.29) is 11.8 Å². The van der Waals surface area contributed by atoms with Crippen molar-refractivity contribution in [2.24, 2.45) is 0 Å². The van der Waals surface area contributed by atoms with E-state index in [1.54, 1.807) is 18.3 Å². The van der Waals surface area contributed by atoms with E-state index < -0.39 is 5.97 Å². The van der Waals surface area contributed by atoms with Crippen molar-refractivity contribution < 1.29 is 23.7 Å². The molecular formula is C16H17N3O5. The third-order valence-electron chi connectivity index (χ3n) is 3.35. The van der Waals surface area contributed by atoms with Crippen LogP contribution in [0.3, 0.4) is 0 Å². The van der Waals surface area contributed by atoms with Crippen LogP contribution in [0.25, 0.3) is 11.4 Å². The summed E-state index contributed by atoms with van der Waals surface area (Å²) >= 11 is 0. The summed E-state index contributed by atoms with van der Waals surface area (Å²) in [6.07, 6.45) is 3.00. The van der Waals surface area contributed by atoms with E-state index in [1.807, 2.05) is 0 Å². The van der Waals surface area contributed by atoms with Crippen molar-refractivity contribution in [2.45, 2.75) is 6.10 Å².